The van der Waals surface area contributed by atoms with E-state index in [4.69, 9.17) is 14.2 Å². The highest BCUT2D eigenvalue weighted by Crippen LogP contribution is 2.44. The van der Waals surface area contributed by atoms with Crippen molar-refractivity contribution in [3.8, 4) is 0 Å². The lowest BCUT2D eigenvalue weighted by molar-refractivity contribution is -0.155. The van der Waals surface area contributed by atoms with E-state index in [2.05, 4.69) is 0 Å². The van der Waals surface area contributed by atoms with Gasteiger partial charge < -0.3 is 24.4 Å². The predicted octanol–water partition coefficient (Wildman–Crippen LogP) is 2.30. The Hall–Kier alpha value is -1.70. The molecule has 0 aliphatic carbocycles. The van der Waals surface area contributed by atoms with Crippen LogP contribution in [0.25, 0.3) is 0 Å². The maximum Gasteiger partial charge on any atom is 0.342 e. The quantitative estimate of drug-likeness (QED) is 0.526. The second-order valence-corrected chi connectivity index (χ2v) is 8.40. The molecule has 3 aliphatic heterocycles. The monoisotopic (exact) mass is 394 g/mol. The van der Waals surface area contributed by atoms with Crippen LogP contribution in [0.2, 0.25) is 0 Å². The minimum absolute atomic E-state index is 0.0556. The van der Waals surface area contributed by atoms with Gasteiger partial charge in [0.15, 0.2) is 0 Å². The topological polar surface area (TPSA) is 102 Å². The molecule has 3 rings (SSSR count). The van der Waals surface area contributed by atoms with E-state index < -0.39 is 42.0 Å². The summed E-state index contributed by atoms with van der Waals surface area (Å²) in [4.78, 5) is 24.7. The van der Waals surface area contributed by atoms with Crippen LogP contribution < -0.4 is 0 Å². The molecule has 28 heavy (non-hydrogen) atoms. The molecule has 0 amide bonds. The largest absolute Gasteiger partial charge is 0.457 e. The Morgan fingerprint density at radius 3 is 2.79 bits per heavy atom. The summed E-state index contributed by atoms with van der Waals surface area (Å²) in [6.07, 6.45) is 4.64. The Morgan fingerprint density at radius 1 is 1.36 bits per heavy atom. The maximum atomic E-state index is 12.4. The van der Waals surface area contributed by atoms with Crippen molar-refractivity contribution in [2.75, 3.05) is 6.61 Å². The molecule has 0 aromatic carbocycles. The van der Waals surface area contributed by atoms with Crippen molar-refractivity contribution >= 4 is 11.9 Å². The highest BCUT2D eigenvalue weighted by molar-refractivity contribution is 5.95. The lowest BCUT2D eigenvalue weighted by atomic mass is 9.84. The van der Waals surface area contributed by atoms with E-state index in [9.17, 15) is 19.8 Å². The highest BCUT2D eigenvalue weighted by Gasteiger charge is 2.50. The third-order valence-corrected chi connectivity index (χ3v) is 5.82. The van der Waals surface area contributed by atoms with Crippen LogP contribution >= 0.6 is 0 Å². The molecule has 7 heteroatoms. The standard InChI is InChI=1S/C21H30O7/c1-4-5-6-7-17(23)26-15-11-21(3,25)16-8-9-20(2,28-16)10-14-18(15)13(12-22)19(24)27-14/h10,15-16,22,25H,4-9,11-12H2,1-3H3/b14-10-/t15-,16-,20+,21-/m0/s1. The molecule has 3 aliphatic rings. The van der Waals surface area contributed by atoms with Crippen molar-refractivity contribution in [1.82, 2.24) is 0 Å². The summed E-state index contributed by atoms with van der Waals surface area (Å²) in [6, 6.07) is 0. The van der Waals surface area contributed by atoms with Gasteiger partial charge in [-0.25, -0.2) is 4.79 Å². The van der Waals surface area contributed by atoms with E-state index in [0.717, 1.165) is 12.8 Å². The van der Waals surface area contributed by atoms with Gasteiger partial charge >= 0.3 is 11.9 Å². The second-order valence-electron chi connectivity index (χ2n) is 8.40. The maximum absolute atomic E-state index is 12.4. The number of esters is 2. The molecule has 3 heterocycles. The summed E-state index contributed by atoms with van der Waals surface area (Å²) in [6.45, 7) is 5.05. The molecule has 2 N–H and O–H groups in total. The molecule has 4 atom stereocenters. The summed E-state index contributed by atoms with van der Waals surface area (Å²) in [5.74, 6) is -0.801. The number of rotatable bonds is 6. The fourth-order valence-corrected chi connectivity index (χ4v) is 4.21. The molecular formula is C21H30O7. The number of carbonyl (C=O) groups is 2. The number of carbonyl (C=O) groups excluding carboxylic acids is 2. The predicted molar refractivity (Wildman–Crippen MR) is 100 cm³/mol. The molecule has 1 saturated heterocycles. The van der Waals surface area contributed by atoms with Gasteiger partial charge in [0.25, 0.3) is 0 Å². The van der Waals surface area contributed by atoms with Gasteiger partial charge in [-0.15, -0.1) is 0 Å². The van der Waals surface area contributed by atoms with E-state index in [1.165, 1.54) is 0 Å². The first-order chi connectivity index (χ1) is 13.2. The van der Waals surface area contributed by atoms with Crippen molar-refractivity contribution < 1.29 is 34.0 Å². The van der Waals surface area contributed by atoms with Crippen LogP contribution in [-0.2, 0) is 23.8 Å². The fourth-order valence-electron chi connectivity index (χ4n) is 4.21. The van der Waals surface area contributed by atoms with Crippen LogP contribution in [0.1, 0.15) is 65.7 Å². The lowest BCUT2D eigenvalue weighted by Gasteiger charge is -2.33. The van der Waals surface area contributed by atoms with Crippen LogP contribution in [0, 0.1) is 0 Å². The number of hydrogen-bond acceptors (Lipinski definition) is 7. The SMILES string of the molecule is CCCCCC(=O)O[C@H]1C[C@](C)(O)[C@@H]2CC[C@](C)(/C=C3\OC(=O)C(CO)=C31)O2. The fraction of sp³-hybridized carbons (Fsp3) is 0.714. The Labute approximate surface area is 165 Å². The number of hydrogen-bond donors (Lipinski definition) is 2. The van der Waals surface area contributed by atoms with E-state index in [-0.39, 0.29) is 24.2 Å². The number of ether oxygens (including phenoxy) is 3. The molecule has 0 spiro atoms. The summed E-state index contributed by atoms with van der Waals surface area (Å²) in [5.41, 5.74) is -1.57. The van der Waals surface area contributed by atoms with Crippen LogP contribution in [0.15, 0.2) is 23.0 Å². The van der Waals surface area contributed by atoms with E-state index in [1.807, 2.05) is 13.8 Å². The lowest BCUT2D eigenvalue weighted by Crippen LogP contribution is -2.44. The van der Waals surface area contributed by atoms with Crippen LogP contribution in [0.4, 0.5) is 0 Å². The number of aliphatic hydroxyl groups is 2. The molecule has 0 saturated carbocycles. The van der Waals surface area contributed by atoms with E-state index in [1.54, 1.807) is 13.0 Å². The van der Waals surface area contributed by atoms with Gasteiger partial charge in [0.2, 0.25) is 0 Å². The number of aliphatic hydroxyl groups excluding tert-OH is 1. The van der Waals surface area contributed by atoms with Gasteiger partial charge in [0.1, 0.15) is 11.9 Å². The van der Waals surface area contributed by atoms with Crippen molar-refractivity contribution in [3.63, 3.8) is 0 Å². The first-order valence-corrected chi connectivity index (χ1v) is 10.1. The summed E-state index contributed by atoms with van der Waals surface area (Å²) >= 11 is 0. The minimum atomic E-state index is -1.27. The minimum Gasteiger partial charge on any atom is -0.457 e. The van der Waals surface area contributed by atoms with Gasteiger partial charge in [-0.3, -0.25) is 4.79 Å². The van der Waals surface area contributed by atoms with Crippen LogP contribution in [0.5, 0.6) is 0 Å². The van der Waals surface area contributed by atoms with E-state index in [0.29, 0.717) is 24.8 Å². The Kier molecular flexibility index (Phi) is 5.98. The molecular weight excluding hydrogens is 364 g/mol. The van der Waals surface area contributed by atoms with Crippen molar-refractivity contribution in [2.45, 2.75) is 89.1 Å². The molecule has 0 radical (unpaired) electrons. The number of unbranched alkanes of at least 4 members (excludes halogenated alkanes) is 2. The second kappa shape index (κ2) is 7.97. The van der Waals surface area contributed by atoms with Gasteiger partial charge in [-0.2, -0.15) is 0 Å². The zero-order valence-electron chi connectivity index (χ0n) is 16.8. The summed E-state index contributed by atoms with van der Waals surface area (Å²) in [5, 5.41) is 20.8. The van der Waals surface area contributed by atoms with Crippen LogP contribution in [-0.4, -0.2) is 52.2 Å². The highest BCUT2D eigenvalue weighted by atomic mass is 16.6. The van der Waals surface area contributed by atoms with Gasteiger partial charge in [0, 0.05) is 18.4 Å². The Balaban J connectivity index is 1.98. The summed E-state index contributed by atoms with van der Waals surface area (Å²) in [7, 11) is 0. The summed E-state index contributed by atoms with van der Waals surface area (Å²) < 4.78 is 17.2. The average Bonchev–Trinajstić information content (AvgIpc) is 3.14. The van der Waals surface area contributed by atoms with Crippen molar-refractivity contribution in [2.24, 2.45) is 0 Å². The van der Waals surface area contributed by atoms with E-state index >= 15 is 0 Å². The van der Waals surface area contributed by atoms with Crippen LogP contribution in [0.3, 0.4) is 0 Å². The smallest absolute Gasteiger partial charge is 0.342 e. The number of fused-ring (bicyclic) bond motifs is 3. The molecule has 0 aromatic rings. The normalized spacial score (nSPS) is 36.8. The van der Waals surface area contributed by atoms with Gasteiger partial charge in [0.05, 0.1) is 29.5 Å². The first kappa shape index (κ1) is 21.0. The molecule has 1 fully saturated rings. The first-order valence-electron chi connectivity index (χ1n) is 10.1. The van der Waals surface area contributed by atoms with Crippen molar-refractivity contribution in [1.29, 1.82) is 0 Å². The zero-order valence-corrected chi connectivity index (χ0v) is 16.8. The molecule has 156 valence electrons. The third kappa shape index (κ3) is 4.16. The molecule has 2 bridgehead atoms. The average molecular weight is 394 g/mol. The Bertz CT molecular complexity index is 706. The van der Waals surface area contributed by atoms with Gasteiger partial charge in [-0.05, 0) is 39.2 Å². The molecule has 0 aromatic heterocycles. The Morgan fingerprint density at radius 2 is 2.11 bits per heavy atom. The third-order valence-electron chi connectivity index (χ3n) is 5.82. The van der Waals surface area contributed by atoms with Crippen molar-refractivity contribution in [3.05, 3.63) is 23.0 Å². The zero-order chi connectivity index (χ0) is 20.5. The van der Waals surface area contributed by atoms with Gasteiger partial charge in [-0.1, -0.05) is 19.8 Å². The molecule has 0 unspecified atom stereocenters. The molecule has 7 nitrogen and oxygen atoms in total.